The van der Waals surface area contributed by atoms with Crippen LogP contribution in [0.25, 0.3) is 0 Å². The molecule has 1 aromatic carbocycles. The van der Waals surface area contributed by atoms with Crippen molar-refractivity contribution in [3.05, 3.63) is 52.2 Å². The zero-order valence-electron chi connectivity index (χ0n) is 13.0. The Labute approximate surface area is 135 Å². The predicted molar refractivity (Wildman–Crippen MR) is 90.4 cm³/mol. The van der Waals surface area contributed by atoms with Crippen LogP contribution in [0.15, 0.2) is 41.1 Å². The summed E-state index contributed by atoms with van der Waals surface area (Å²) in [6.45, 7) is 1.87. The molecule has 0 unspecified atom stereocenters. The minimum Gasteiger partial charge on any atom is -0.497 e. The number of thiophene rings is 1. The van der Waals surface area contributed by atoms with Crippen molar-refractivity contribution in [2.45, 2.75) is 13.0 Å². The minimum absolute atomic E-state index is 0.0613. The molecule has 118 valence electrons. The first kappa shape index (κ1) is 16.5. The summed E-state index contributed by atoms with van der Waals surface area (Å²) in [5.74, 6) is 0.911. The highest BCUT2D eigenvalue weighted by Gasteiger charge is 2.07. The molecule has 1 N–H and O–H groups in total. The first-order valence-electron chi connectivity index (χ1n) is 7.26. The molecule has 0 bridgehead atoms. The zero-order valence-corrected chi connectivity index (χ0v) is 13.9. The van der Waals surface area contributed by atoms with E-state index in [4.69, 9.17) is 4.74 Å². The Morgan fingerprint density at radius 1 is 1.23 bits per heavy atom. The van der Waals surface area contributed by atoms with Gasteiger partial charge in [0.2, 0.25) is 5.91 Å². The molecule has 0 saturated heterocycles. The molecule has 0 aliphatic carbocycles. The van der Waals surface area contributed by atoms with E-state index in [-0.39, 0.29) is 5.91 Å². The number of carbonyl (C=O) groups excluding carboxylic acids is 1. The van der Waals surface area contributed by atoms with E-state index in [0.717, 1.165) is 18.7 Å². The van der Waals surface area contributed by atoms with Crippen molar-refractivity contribution in [2.24, 2.45) is 0 Å². The van der Waals surface area contributed by atoms with E-state index in [9.17, 15) is 4.79 Å². The summed E-state index contributed by atoms with van der Waals surface area (Å²) in [6, 6.07) is 10.0. The molecule has 1 aromatic heterocycles. The molecule has 0 aliphatic heterocycles. The Kier molecular flexibility index (Phi) is 6.43. The maximum atomic E-state index is 11.9. The number of likely N-dealkylation sites (N-methyl/N-ethyl adjacent to an activating group) is 1. The molecule has 5 heteroatoms. The number of carbonyl (C=O) groups is 1. The summed E-state index contributed by atoms with van der Waals surface area (Å²) >= 11 is 1.68. The van der Waals surface area contributed by atoms with Crippen molar-refractivity contribution in [3.63, 3.8) is 0 Å². The van der Waals surface area contributed by atoms with Gasteiger partial charge in [-0.15, -0.1) is 0 Å². The van der Waals surface area contributed by atoms with Gasteiger partial charge in [0.05, 0.1) is 13.7 Å². The molecule has 22 heavy (non-hydrogen) atoms. The fraction of sp³-hybridized carbons (Fsp3) is 0.353. The average Bonchev–Trinajstić information content (AvgIpc) is 3.00. The van der Waals surface area contributed by atoms with Crippen LogP contribution < -0.4 is 10.1 Å². The van der Waals surface area contributed by atoms with Crippen molar-refractivity contribution in [2.75, 3.05) is 27.2 Å². The van der Waals surface area contributed by atoms with E-state index in [0.29, 0.717) is 13.1 Å². The van der Waals surface area contributed by atoms with Crippen molar-refractivity contribution in [1.29, 1.82) is 0 Å². The third-order valence-electron chi connectivity index (χ3n) is 3.34. The number of amides is 1. The largest absolute Gasteiger partial charge is 0.497 e. The molecule has 0 saturated carbocycles. The maximum absolute atomic E-state index is 11.9. The van der Waals surface area contributed by atoms with Crippen LogP contribution in [-0.2, 0) is 17.8 Å². The topological polar surface area (TPSA) is 41.6 Å². The van der Waals surface area contributed by atoms with Gasteiger partial charge < -0.3 is 10.1 Å². The van der Waals surface area contributed by atoms with Crippen LogP contribution in [-0.4, -0.2) is 38.1 Å². The summed E-state index contributed by atoms with van der Waals surface area (Å²) in [4.78, 5) is 13.9. The van der Waals surface area contributed by atoms with Gasteiger partial charge in [-0.05, 0) is 53.6 Å². The monoisotopic (exact) mass is 318 g/mol. The van der Waals surface area contributed by atoms with Gasteiger partial charge in [0.1, 0.15) is 5.75 Å². The van der Waals surface area contributed by atoms with Gasteiger partial charge in [-0.2, -0.15) is 11.3 Å². The molecular weight excluding hydrogens is 296 g/mol. The van der Waals surface area contributed by atoms with E-state index in [1.54, 1.807) is 18.4 Å². The van der Waals surface area contributed by atoms with E-state index < -0.39 is 0 Å². The van der Waals surface area contributed by atoms with Gasteiger partial charge >= 0.3 is 0 Å². The molecule has 0 radical (unpaired) electrons. The summed E-state index contributed by atoms with van der Waals surface area (Å²) in [5, 5.41) is 7.12. The lowest BCUT2D eigenvalue weighted by Gasteiger charge is -2.15. The first-order chi connectivity index (χ1) is 10.7. The minimum atomic E-state index is 0.0613. The normalized spacial score (nSPS) is 10.7. The second-order valence-electron chi connectivity index (χ2n) is 5.25. The molecule has 2 aromatic rings. The number of hydrogen-bond acceptors (Lipinski definition) is 4. The summed E-state index contributed by atoms with van der Waals surface area (Å²) < 4.78 is 5.12. The molecule has 0 aliphatic rings. The van der Waals surface area contributed by atoms with E-state index in [1.165, 1.54) is 11.1 Å². The molecule has 1 amide bonds. The van der Waals surface area contributed by atoms with Crippen LogP contribution in [0.3, 0.4) is 0 Å². The number of rotatable bonds is 8. The molecule has 4 nitrogen and oxygen atoms in total. The van der Waals surface area contributed by atoms with Crippen LogP contribution in [0.2, 0.25) is 0 Å². The molecule has 2 rings (SSSR count). The van der Waals surface area contributed by atoms with Crippen LogP contribution in [0.4, 0.5) is 0 Å². The summed E-state index contributed by atoms with van der Waals surface area (Å²) in [5.41, 5.74) is 2.44. The SMILES string of the molecule is COc1ccc(CCNC(=O)CN(C)Cc2ccsc2)cc1. The van der Waals surface area contributed by atoms with Gasteiger partial charge in [-0.3, -0.25) is 9.69 Å². The Balaban J connectivity index is 1.66. The highest BCUT2D eigenvalue weighted by atomic mass is 32.1. The zero-order chi connectivity index (χ0) is 15.8. The van der Waals surface area contributed by atoms with Crippen LogP contribution in [0.5, 0.6) is 5.75 Å². The lowest BCUT2D eigenvalue weighted by atomic mass is 10.1. The number of methoxy groups -OCH3 is 1. The average molecular weight is 318 g/mol. The fourth-order valence-electron chi connectivity index (χ4n) is 2.19. The highest BCUT2D eigenvalue weighted by Crippen LogP contribution is 2.11. The van der Waals surface area contributed by atoms with E-state index in [2.05, 4.69) is 22.1 Å². The quantitative estimate of drug-likeness (QED) is 0.813. The third-order valence-corrected chi connectivity index (χ3v) is 4.07. The summed E-state index contributed by atoms with van der Waals surface area (Å²) in [6.07, 6.45) is 0.823. The second kappa shape index (κ2) is 8.56. The predicted octanol–water partition coefficient (Wildman–Crippen LogP) is 2.55. The van der Waals surface area contributed by atoms with Crippen LogP contribution >= 0.6 is 11.3 Å². The molecule has 1 heterocycles. The number of nitrogens with zero attached hydrogens (tertiary/aromatic N) is 1. The van der Waals surface area contributed by atoms with E-state index in [1.807, 2.05) is 36.2 Å². The van der Waals surface area contributed by atoms with Crippen molar-refractivity contribution in [3.8, 4) is 5.75 Å². The molecule has 0 atom stereocenters. The van der Waals surface area contributed by atoms with Crippen LogP contribution in [0.1, 0.15) is 11.1 Å². The molecule has 0 fully saturated rings. The Morgan fingerprint density at radius 3 is 2.64 bits per heavy atom. The number of benzene rings is 1. The van der Waals surface area contributed by atoms with E-state index >= 15 is 0 Å². The Bertz CT molecular complexity index is 567. The standard InChI is InChI=1S/C17H22N2O2S/c1-19(11-15-8-10-22-13-15)12-17(20)18-9-7-14-3-5-16(21-2)6-4-14/h3-6,8,10,13H,7,9,11-12H2,1-2H3,(H,18,20). The number of ether oxygens (including phenoxy) is 1. The Morgan fingerprint density at radius 2 is 2.00 bits per heavy atom. The van der Waals surface area contributed by atoms with Gasteiger partial charge in [0.25, 0.3) is 0 Å². The molecular formula is C17H22N2O2S. The lowest BCUT2D eigenvalue weighted by molar-refractivity contribution is -0.122. The second-order valence-corrected chi connectivity index (χ2v) is 6.03. The van der Waals surface area contributed by atoms with Crippen molar-refractivity contribution >= 4 is 17.2 Å². The fourth-order valence-corrected chi connectivity index (χ4v) is 2.85. The lowest BCUT2D eigenvalue weighted by Crippen LogP contribution is -2.35. The van der Waals surface area contributed by atoms with Gasteiger partial charge in [-0.1, -0.05) is 12.1 Å². The van der Waals surface area contributed by atoms with Crippen molar-refractivity contribution in [1.82, 2.24) is 10.2 Å². The molecule has 0 spiro atoms. The van der Waals surface area contributed by atoms with Crippen LogP contribution in [0, 0.1) is 0 Å². The highest BCUT2D eigenvalue weighted by molar-refractivity contribution is 7.07. The first-order valence-corrected chi connectivity index (χ1v) is 8.21. The number of hydrogen-bond donors (Lipinski definition) is 1. The van der Waals surface area contributed by atoms with Crippen molar-refractivity contribution < 1.29 is 9.53 Å². The van der Waals surface area contributed by atoms with Gasteiger partial charge in [-0.25, -0.2) is 0 Å². The van der Waals surface area contributed by atoms with Gasteiger partial charge in [0.15, 0.2) is 0 Å². The third kappa shape index (κ3) is 5.50. The smallest absolute Gasteiger partial charge is 0.234 e. The van der Waals surface area contributed by atoms with Gasteiger partial charge in [0, 0.05) is 13.1 Å². The summed E-state index contributed by atoms with van der Waals surface area (Å²) in [7, 11) is 3.61. The Hall–Kier alpha value is -1.85. The number of nitrogens with one attached hydrogen (secondary N) is 1. The maximum Gasteiger partial charge on any atom is 0.234 e.